The molecule has 0 unspecified atom stereocenters. The van der Waals surface area contributed by atoms with Gasteiger partial charge in [0.2, 0.25) is 0 Å². The van der Waals surface area contributed by atoms with Crippen LogP contribution in [0.3, 0.4) is 0 Å². The fourth-order valence-corrected chi connectivity index (χ4v) is 5.39. The standard InChI is InChI=1S/C31H37N3/c1-29(2,3)24-16-21(15-23(19-24)27(20-32)33-8)9-10-22-17-25-28-26(18-22)31(6,7)12-14-34(28)13-11-30(25,4)5/h9-10,15,17-19H,11-14,16H2,1-7H3. The summed E-state index contributed by atoms with van der Waals surface area (Å²) in [5.74, 6) is 0. The number of rotatable bonds is 2. The van der Waals surface area contributed by atoms with Crippen LogP contribution < -0.4 is 4.90 Å². The molecular formula is C31H37N3. The van der Waals surface area contributed by atoms with E-state index in [0.717, 1.165) is 30.7 Å². The number of hydrogen-bond acceptors (Lipinski definition) is 2. The Hall–Kier alpha value is -3.04. The quantitative estimate of drug-likeness (QED) is 0.338. The second-order valence-electron chi connectivity index (χ2n) is 12.4. The van der Waals surface area contributed by atoms with Crippen molar-refractivity contribution in [1.29, 1.82) is 5.26 Å². The van der Waals surface area contributed by atoms with Gasteiger partial charge in [-0.15, -0.1) is 0 Å². The number of allylic oxidation sites excluding steroid dienone is 7. The second kappa shape index (κ2) is 8.32. The Balaban J connectivity index is 1.79. The monoisotopic (exact) mass is 451 g/mol. The zero-order chi connectivity index (χ0) is 24.9. The Morgan fingerprint density at radius 2 is 1.62 bits per heavy atom. The summed E-state index contributed by atoms with van der Waals surface area (Å²) in [5, 5.41) is 9.45. The molecule has 1 aromatic rings. The van der Waals surface area contributed by atoms with Crippen LogP contribution in [0.15, 0.2) is 52.8 Å². The van der Waals surface area contributed by atoms with Gasteiger partial charge >= 0.3 is 0 Å². The number of nitrogens with zero attached hydrogens (tertiary/aromatic N) is 3. The molecule has 3 heteroatoms. The molecule has 0 radical (unpaired) electrons. The minimum absolute atomic E-state index is 0.0192. The molecule has 3 aliphatic rings. The molecule has 4 rings (SSSR count). The van der Waals surface area contributed by atoms with Crippen molar-refractivity contribution in [2.75, 3.05) is 18.0 Å². The molecule has 2 aliphatic heterocycles. The zero-order valence-corrected chi connectivity index (χ0v) is 21.8. The van der Waals surface area contributed by atoms with Gasteiger partial charge in [-0.2, -0.15) is 0 Å². The van der Waals surface area contributed by atoms with E-state index in [4.69, 9.17) is 6.57 Å². The van der Waals surface area contributed by atoms with E-state index in [1.807, 2.05) is 12.2 Å². The van der Waals surface area contributed by atoms with Crippen LogP contribution in [0.25, 0.3) is 10.9 Å². The van der Waals surface area contributed by atoms with Crippen molar-refractivity contribution in [3.8, 4) is 6.07 Å². The summed E-state index contributed by atoms with van der Waals surface area (Å²) in [6.45, 7) is 25.8. The van der Waals surface area contributed by atoms with Crippen LogP contribution in [0.5, 0.6) is 0 Å². The molecule has 1 aliphatic carbocycles. The number of benzene rings is 1. The third kappa shape index (κ3) is 4.37. The molecule has 0 amide bonds. The average molecular weight is 452 g/mol. The Morgan fingerprint density at radius 1 is 1.03 bits per heavy atom. The highest BCUT2D eigenvalue weighted by molar-refractivity contribution is 5.72. The van der Waals surface area contributed by atoms with Crippen LogP contribution in [0.2, 0.25) is 0 Å². The largest absolute Gasteiger partial charge is 0.371 e. The third-order valence-electron chi connectivity index (χ3n) is 7.93. The summed E-state index contributed by atoms with van der Waals surface area (Å²) in [4.78, 5) is 6.07. The molecule has 0 spiro atoms. The van der Waals surface area contributed by atoms with Crippen molar-refractivity contribution in [2.24, 2.45) is 5.41 Å². The van der Waals surface area contributed by atoms with Gasteiger partial charge in [0, 0.05) is 18.8 Å². The highest BCUT2D eigenvalue weighted by Crippen LogP contribution is 2.49. The topological polar surface area (TPSA) is 31.4 Å². The summed E-state index contributed by atoms with van der Waals surface area (Å²) in [5.41, 5.74) is 9.24. The first-order valence-electron chi connectivity index (χ1n) is 12.4. The fraction of sp³-hybridized carbons (Fsp3) is 0.484. The highest BCUT2D eigenvalue weighted by atomic mass is 15.2. The number of anilines is 1. The van der Waals surface area contributed by atoms with E-state index in [0.29, 0.717) is 0 Å². The Bertz CT molecular complexity index is 1170. The lowest BCUT2D eigenvalue weighted by atomic mass is 9.69. The molecule has 0 fully saturated rings. The van der Waals surface area contributed by atoms with Crippen LogP contribution in [0.4, 0.5) is 5.69 Å². The van der Waals surface area contributed by atoms with Crippen LogP contribution in [0.1, 0.15) is 84.4 Å². The van der Waals surface area contributed by atoms with Crippen molar-refractivity contribution in [3.63, 3.8) is 0 Å². The maximum absolute atomic E-state index is 9.45. The number of hydrogen-bond donors (Lipinski definition) is 0. The zero-order valence-electron chi connectivity index (χ0n) is 21.8. The third-order valence-corrected chi connectivity index (χ3v) is 7.93. The SMILES string of the molecule is [C-]#[N+]C(C#N)=C1C=C(C=Cc2cc3c4c(c2)C(C)(C)CCN4CCC3(C)C)CC(C(C)(C)C)=C1. The van der Waals surface area contributed by atoms with Crippen LogP contribution in [-0.4, -0.2) is 13.1 Å². The maximum atomic E-state index is 9.45. The van der Waals surface area contributed by atoms with E-state index in [1.165, 1.54) is 40.8 Å². The Morgan fingerprint density at radius 3 is 2.12 bits per heavy atom. The smallest absolute Gasteiger partial charge is 0.268 e. The molecule has 0 saturated carbocycles. The van der Waals surface area contributed by atoms with Crippen LogP contribution >= 0.6 is 0 Å². The lowest BCUT2D eigenvalue weighted by Crippen LogP contribution is -2.44. The molecule has 0 saturated heterocycles. The summed E-state index contributed by atoms with van der Waals surface area (Å²) < 4.78 is 0. The predicted molar refractivity (Wildman–Crippen MR) is 142 cm³/mol. The molecule has 34 heavy (non-hydrogen) atoms. The molecule has 2 heterocycles. The Kier molecular flexibility index (Phi) is 5.90. The minimum Gasteiger partial charge on any atom is -0.371 e. The summed E-state index contributed by atoms with van der Waals surface area (Å²) in [6.07, 6.45) is 11.7. The number of nitriles is 1. The molecule has 0 aromatic heterocycles. The lowest BCUT2D eigenvalue weighted by Gasteiger charge is -2.48. The van der Waals surface area contributed by atoms with Gasteiger partial charge in [0.1, 0.15) is 0 Å². The van der Waals surface area contributed by atoms with Gasteiger partial charge in [-0.1, -0.05) is 78.3 Å². The molecular weight excluding hydrogens is 414 g/mol. The van der Waals surface area contributed by atoms with E-state index in [-0.39, 0.29) is 21.9 Å². The summed E-state index contributed by atoms with van der Waals surface area (Å²) >= 11 is 0. The first-order valence-corrected chi connectivity index (χ1v) is 12.4. The van der Waals surface area contributed by atoms with Crippen molar-refractivity contribution in [1.82, 2.24) is 0 Å². The maximum Gasteiger partial charge on any atom is 0.268 e. The van der Waals surface area contributed by atoms with Crippen molar-refractivity contribution in [2.45, 2.75) is 78.6 Å². The van der Waals surface area contributed by atoms with E-state index >= 15 is 0 Å². The molecule has 1 aromatic carbocycles. The highest BCUT2D eigenvalue weighted by Gasteiger charge is 2.39. The van der Waals surface area contributed by atoms with Crippen LogP contribution in [-0.2, 0) is 10.8 Å². The van der Waals surface area contributed by atoms with E-state index < -0.39 is 0 Å². The van der Waals surface area contributed by atoms with Gasteiger partial charge in [-0.05, 0) is 75.5 Å². The first kappa shape index (κ1) is 24.1. The van der Waals surface area contributed by atoms with Gasteiger partial charge in [0.25, 0.3) is 5.70 Å². The van der Waals surface area contributed by atoms with Gasteiger partial charge < -0.3 is 4.90 Å². The van der Waals surface area contributed by atoms with Crippen LogP contribution in [0, 0.1) is 23.3 Å². The first-order chi connectivity index (χ1) is 15.9. The van der Waals surface area contributed by atoms with Gasteiger partial charge in [0.05, 0.1) is 12.6 Å². The van der Waals surface area contributed by atoms with Crippen molar-refractivity contribution < 1.29 is 0 Å². The minimum atomic E-state index is -0.0192. The van der Waals surface area contributed by atoms with E-state index in [9.17, 15) is 5.26 Å². The van der Waals surface area contributed by atoms with Crippen molar-refractivity contribution in [3.05, 3.63) is 80.9 Å². The fourth-order valence-electron chi connectivity index (χ4n) is 5.39. The van der Waals surface area contributed by atoms with Gasteiger partial charge in [-0.25, -0.2) is 10.1 Å². The molecule has 3 nitrogen and oxygen atoms in total. The lowest BCUT2D eigenvalue weighted by molar-refractivity contribution is 0.401. The van der Waals surface area contributed by atoms with E-state index in [2.05, 4.69) is 88.6 Å². The summed E-state index contributed by atoms with van der Waals surface area (Å²) in [6, 6.07) is 6.86. The molecule has 0 bridgehead atoms. The van der Waals surface area contributed by atoms with Crippen molar-refractivity contribution >= 4 is 11.8 Å². The molecule has 0 atom stereocenters. The normalized spacial score (nSPS) is 22.3. The van der Waals surface area contributed by atoms with Gasteiger partial charge in [-0.3, -0.25) is 0 Å². The molecule has 0 N–H and O–H groups in total. The Labute approximate surface area is 206 Å². The summed E-state index contributed by atoms with van der Waals surface area (Å²) in [7, 11) is 0. The molecule has 176 valence electrons. The average Bonchev–Trinajstić information content (AvgIpc) is 2.76. The van der Waals surface area contributed by atoms with Gasteiger partial charge in [0.15, 0.2) is 0 Å². The van der Waals surface area contributed by atoms with E-state index in [1.54, 1.807) is 0 Å². The predicted octanol–water partition coefficient (Wildman–Crippen LogP) is 7.87. The second-order valence-corrected chi connectivity index (χ2v) is 12.4.